The predicted octanol–water partition coefficient (Wildman–Crippen LogP) is 3.07. The Hall–Kier alpha value is -4.83. The van der Waals surface area contributed by atoms with Gasteiger partial charge in [-0.3, -0.25) is 28.8 Å². The van der Waals surface area contributed by atoms with Crippen molar-refractivity contribution in [3.05, 3.63) is 48.0 Å². The standard InChI is InChI=1S/C40H52O16/c1-10-27(45)53-35-30(50-22(3)41)34(52-24(5)43)37(7,8)18-16-21(2)31(51-23(4)42)40(49)20-38(9,56-25(6)44)32-29(40)33(39(35,48)19-17-28(46)54-32)55-36(47)26-14-12-11-13-15-26/h11-16,18,21,29-35,48-49H,10,17,19-20H2,1-9H3/b18-16-/t21-,29+,30-,31-,32+,33+,34+,35+,38+,39-,40+/m0/s1. The summed E-state index contributed by atoms with van der Waals surface area (Å²) in [5.41, 5.74) is -8.62. The van der Waals surface area contributed by atoms with E-state index in [0.29, 0.717) is 0 Å². The van der Waals surface area contributed by atoms with E-state index >= 15 is 0 Å². The second-order valence-electron chi connectivity index (χ2n) is 15.6. The summed E-state index contributed by atoms with van der Waals surface area (Å²) in [5, 5.41) is 26.8. The van der Waals surface area contributed by atoms with Gasteiger partial charge in [0, 0.05) is 58.3 Å². The Labute approximate surface area is 325 Å². The van der Waals surface area contributed by atoms with Gasteiger partial charge < -0.3 is 43.4 Å². The summed E-state index contributed by atoms with van der Waals surface area (Å²) >= 11 is 0. The Balaban J connectivity index is 2.25. The van der Waals surface area contributed by atoms with Gasteiger partial charge in [-0.15, -0.1) is 0 Å². The summed E-state index contributed by atoms with van der Waals surface area (Å²) in [7, 11) is 0. The van der Waals surface area contributed by atoms with Crippen LogP contribution in [0.25, 0.3) is 0 Å². The zero-order valence-corrected chi connectivity index (χ0v) is 33.1. The average molecular weight is 789 g/mol. The van der Waals surface area contributed by atoms with Crippen LogP contribution in [0.3, 0.4) is 0 Å². The summed E-state index contributed by atoms with van der Waals surface area (Å²) in [6.45, 7) is 11.9. The van der Waals surface area contributed by atoms with Crippen molar-refractivity contribution in [3.63, 3.8) is 0 Å². The van der Waals surface area contributed by atoms with Crippen LogP contribution >= 0.6 is 0 Å². The molecule has 16 nitrogen and oxygen atoms in total. The van der Waals surface area contributed by atoms with E-state index in [4.69, 9.17) is 33.2 Å². The fraction of sp³-hybridized carbons (Fsp3) is 0.625. The molecule has 0 spiro atoms. The Kier molecular flexibility index (Phi) is 13.1. The number of fused-ring (bicyclic) bond motifs is 1. The third-order valence-electron chi connectivity index (χ3n) is 10.6. The molecule has 2 aliphatic carbocycles. The fourth-order valence-corrected chi connectivity index (χ4v) is 8.36. The van der Waals surface area contributed by atoms with Crippen LogP contribution in [0.15, 0.2) is 42.5 Å². The number of carbonyl (C=O) groups excluding carboxylic acids is 7. The molecule has 2 N–H and O–H groups in total. The van der Waals surface area contributed by atoms with Gasteiger partial charge in [-0.2, -0.15) is 0 Å². The maximum atomic E-state index is 14.2. The van der Waals surface area contributed by atoms with Crippen molar-refractivity contribution in [2.75, 3.05) is 0 Å². The lowest BCUT2D eigenvalue weighted by Crippen LogP contribution is -2.70. The van der Waals surface area contributed by atoms with Crippen LogP contribution in [0.4, 0.5) is 0 Å². The highest BCUT2D eigenvalue weighted by Crippen LogP contribution is 2.56. The number of esters is 7. The van der Waals surface area contributed by atoms with Crippen molar-refractivity contribution in [1.29, 1.82) is 0 Å². The molecule has 1 aromatic rings. The van der Waals surface area contributed by atoms with Gasteiger partial charge >= 0.3 is 41.8 Å². The molecule has 1 saturated heterocycles. The Morgan fingerprint density at radius 2 is 1.36 bits per heavy atom. The van der Waals surface area contributed by atoms with Gasteiger partial charge in [-0.05, 0) is 25.5 Å². The number of ether oxygens (including phenoxy) is 7. The molecule has 1 heterocycles. The first-order valence-corrected chi connectivity index (χ1v) is 18.5. The summed E-state index contributed by atoms with van der Waals surface area (Å²) in [6, 6.07) is 7.54. The van der Waals surface area contributed by atoms with Crippen molar-refractivity contribution in [3.8, 4) is 0 Å². The molecule has 2 fully saturated rings. The molecule has 4 rings (SSSR count). The largest absolute Gasteiger partial charge is 0.459 e. The minimum absolute atomic E-state index is 0.0266. The van der Waals surface area contributed by atoms with E-state index in [1.807, 2.05) is 0 Å². The third-order valence-corrected chi connectivity index (χ3v) is 10.6. The van der Waals surface area contributed by atoms with E-state index in [0.717, 1.165) is 27.7 Å². The van der Waals surface area contributed by atoms with Gasteiger partial charge in [0.2, 0.25) is 0 Å². The molecule has 0 unspecified atom stereocenters. The number of hydrogen-bond acceptors (Lipinski definition) is 16. The zero-order chi connectivity index (χ0) is 42.0. The molecule has 1 saturated carbocycles. The molecule has 0 amide bonds. The van der Waals surface area contributed by atoms with Crippen LogP contribution in [-0.2, 0) is 61.9 Å². The highest BCUT2D eigenvalue weighted by atomic mass is 16.6. The van der Waals surface area contributed by atoms with E-state index in [2.05, 4.69) is 0 Å². The quantitative estimate of drug-likeness (QED) is 0.219. The van der Waals surface area contributed by atoms with E-state index in [9.17, 15) is 43.8 Å². The number of hydrogen-bond donors (Lipinski definition) is 2. The number of benzene rings is 1. The highest BCUT2D eigenvalue weighted by Gasteiger charge is 2.74. The molecule has 1 aromatic carbocycles. The normalized spacial score (nSPS) is 35.7. The topological polar surface area (TPSA) is 225 Å². The summed E-state index contributed by atoms with van der Waals surface area (Å²) < 4.78 is 41.5. The Morgan fingerprint density at radius 3 is 1.91 bits per heavy atom. The first-order valence-electron chi connectivity index (χ1n) is 18.5. The first-order chi connectivity index (χ1) is 26.0. The van der Waals surface area contributed by atoms with E-state index in [1.54, 1.807) is 51.1 Å². The molecular formula is C40H52O16. The lowest BCUT2D eigenvalue weighted by Gasteiger charge is -2.52. The Bertz CT molecular complexity index is 1720. The van der Waals surface area contributed by atoms with Gasteiger partial charge in [0.05, 0.1) is 11.5 Å². The minimum atomic E-state index is -2.82. The maximum absolute atomic E-state index is 14.2. The molecule has 2 bridgehead atoms. The van der Waals surface area contributed by atoms with E-state index < -0.39 is 132 Å². The summed E-state index contributed by atoms with van der Waals surface area (Å²) in [6.07, 6.45) is -10.1. The second kappa shape index (κ2) is 16.7. The molecular weight excluding hydrogens is 736 g/mol. The van der Waals surface area contributed by atoms with E-state index in [-0.39, 0.29) is 12.0 Å². The molecule has 0 aromatic heterocycles. The monoisotopic (exact) mass is 788 g/mol. The van der Waals surface area contributed by atoms with Gasteiger partial charge in [0.15, 0.2) is 24.4 Å². The third kappa shape index (κ3) is 9.07. The SMILES string of the molecule is CCC(=O)O[C@@H]1[C@@H](OC(C)=O)[C@@H](OC(C)=O)C(C)(C)/C=C\[C@H](C)[C@H](OC(C)=O)[C@@]2(O)C[C@@](C)(OC(C)=O)[C@@H]3OC(=O)CC[C@]1(O)[C@H](OC(=O)c1ccccc1)[C@@H]32. The fourth-order valence-electron chi connectivity index (χ4n) is 8.36. The Morgan fingerprint density at radius 1 is 0.768 bits per heavy atom. The summed E-state index contributed by atoms with van der Waals surface area (Å²) in [5.74, 6) is -9.30. The molecule has 16 heteroatoms. The lowest BCUT2D eigenvalue weighted by atomic mass is 9.66. The van der Waals surface area contributed by atoms with Crippen LogP contribution < -0.4 is 0 Å². The summed E-state index contributed by atoms with van der Waals surface area (Å²) in [4.78, 5) is 92.8. The van der Waals surface area contributed by atoms with Gasteiger partial charge in [0.1, 0.15) is 29.0 Å². The van der Waals surface area contributed by atoms with Crippen molar-refractivity contribution < 1.29 is 76.9 Å². The minimum Gasteiger partial charge on any atom is -0.459 e. The zero-order valence-electron chi connectivity index (χ0n) is 33.1. The van der Waals surface area contributed by atoms with Crippen LogP contribution in [0, 0.1) is 17.3 Å². The average Bonchev–Trinajstić information content (AvgIpc) is 3.31. The maximum Gasteiger partial charge on any atom is 0.338 e. The van der Waals surface area contributed by atoms with Crippen LogP contribution in [0.1, 0.15) is 98.4 Å². The van der Waals surface area contributed by atoms with Gasteiger partial charge in [-0.1, -0.05) is 58.0 Å². The molecule has 56 heavy (non-hydrogen) atoms. The molecule has 0 radical (unpaired) electrons. The lowest BCUT2D eigenvalue weighted by molar-refractivity contribution is -0.263. The van der Waals surface area contributed by atoms with Gasteiger partial charge in [-0.25, -0.2) is 4.79 Å². The first kappa shape index (κ1) is 43.9. The predicted molar refractivity (Wildman–Crippen MR) is 192 cm³/mol. The molecule has 11 atom stereocenters. The van der Waals surface area contributed by atoms with E-state index in [1.165, 1.54) is 26.0 Å². The van der Waals surface area contributed by atoms with Crippen molar-refractivity contribution in [2.45, 2.75) is 141 Å². The van der Waals surface area contributed by atoms with Crippen molar-refractivity contribution >= 4 is 41.8 Å². The van der Waals surface area contributed by atoms with Crippen molar-refractivity contribution in [2.24, 2.45) is 17.3 Å². The van der Waals surface area contributed by atoms with Crippen molar-refractivity contribution in [1.82, 2.24) is 0 Å². The smallest absolute Gasteiger partial charge is 0.338 e. The number of aliphatic hydroxyl groups is 2. The van der Waals surface area contributed by atoms with Crippen LogP contribution in [0.2, 0.25) is 0 Å². The highest BCUT2D eigenvalue weighted by molar-refractivity contribution is 5.89. The molecule has 308 valence electrons. The van der Waals surface area contributed by atoms with Crippen LogP contribution in [-0.4, -0.2) is 105 Å². The van der Waals surface area contributed by atoms with Gasteiger partial charge in [0.25, 0.3) is 0 Å². The molecule has 1 aliphatic heterocycles. The number of carbonyl (C=O) groups is 7. The number of rotatable bonds is 8. The molecule has 3 aliphatic rings. The second-order valence-corrected chi connectivity index (χ2v) is 15.6. The van der Waals surface area contributed by atoms with Crippen LogP contribution in [0.5, 0.6) is 0 Å².